The fourth-order valence-electron chi connectivity index (χ4n) is 2.32. The minimum absolute atomic E-state index is 0.303. The van der Waals surface area contributed by atoms with Crippen LogP contribution in [0, 0.1) is 0 Å². The Bertz CT molecular complexity index is 915. The van der Waals surface area contributed by atoms with Crippen molar-refractivity contribution in [2.24, 2.45) is 0 Å². The van der Waals surface area contributed by atoms with Crippen molar-refractivity contribution in [3.8, 4) is 0 Å². The van der Waals surface area contributed by atoms with Gasteiger partial charge in [-0.15, -0.1) is 0 Å². The van der Waals surface area contributed by atoms with E-state index in [0.717, 1.165) is 5.56 Å². The second kappa shape index (κ2) is 8.44. The van der Waals surface area contributed by atoms with Gasteiger partial charge >= 0.3 is 11.9 Å². The molecule has 0 heterocycles. The highest BCUT2D eigenvalue weighted by Gasteiger charge is 2.15. The summed E-state index contributed by atoms with van der Waals surface area (Å²) in [5.41, 5.74) is 2.28. The Hall–Kier alpha value is -3.66. The van der Waals surface area contributed by atoms with Gasteiger partial charge in [-0.2, -0.15) is 0 Å². The van der Waals surface area contributed by atoms with E-state index in [0.29, 0.717) is 16.7 Å². The van der Waals surface area contributed by atoms with E-state index in [1.54, 1.807) is 48.5 Å². The Morgan fingerprint density at radius 2 is 1.19 bits per heavy atom. The van der Waals surface area contributed by atoms with Gasteiger partial charge in [0.1, 0.15) is 0 Å². The molecule has 0 unspecified atom stereocenters. The van der Waals surface area contributed by atoms with Crippen molar-refractivity contribution >= 4 is 24.1 Å². The number of hydrogen-bond donors (Lipinski definition) is 0. The van der Waals surface area contributed by atoms with Crippen LogP contribution in [0.5, 0.6) is 0 Å². The van der Waals surface area contributed by atoms with E-state index < -0.39 is 11.9 Å². The second-order valence-corrected chi connectivity index (χ2v) is 5.44. The van der Waals surface area contributed by atoms with Crippen LogP contribution in [-0.4, -0.2) is 11.9 Å². The predicted octanol–water partition coefficient (Wildman–Crippen LogP) is 4.79. The van der Waals surface area contributed by atoms with Gasteiger partial charge in [-0.25, -0.2) is 19.4 Å². The maximum Gasteiger partial charge on any atom is 0.386 e. The van der Waals surface area contributed by atoms with Gasteiger partial charge in [-0.3, -0.25) is 0 Å². The van der Waals surface area contributed by atoms with Crippen molar-refractivity contribution in [2.75, 3.05) is 0 Å². The Labute approximate surface area is 151 Å². The molecular weight excluding hydrogens is 328 g/mol. The highest BCUT2D eigenvalue weighted by Crippen LogP contribution is 2.15. The zero-order chi connectivity index (χ0) is 18.2. The molecule has 0 saturated heterocycles. The van der Waals surface area contributed by atoms with E-state index in [-0.39, 0.29) is 0 Å². The molecule has 0 radical (unpaired) electrons. The van der Waals surface area contributed by atoms with Crippen LogP contribution in [0.2, 0.25) is 0 Å². The summed E-state index contributed by atoms with van der Waals surface area (Å²) in [6.45, 7) is 0. The molecule has 0 spiro atoms. The van der Waals surface area contributed by atoms with Crippen LogP contribution in [-0.2, 0) is 9.78 Å². The van der Waals surface area contributed by atoms with Gasteiger partial charge in [-0.1, -0.05) is 78.9 Å². The third kappa shape index (κ3) is 4.45. The normalized spacial score (nSPS) is 10.5. The molecule has 0 amide bonds. The van der Waals surface area contributed by atoms with E-state index in [9.17, 15) is 9.59 Å². The topological polar surface area (TPSA) is 52.6 Å². The molecular formula is C22H16O4. The van der Waals surface area contributed by atoms with E-state index >= 15 is 0 Å². The van der Waals surface area contributed by atoms with Crippen molar-refractivity contribution in [1.82, 2.24) is 0 Å². The molecule has 0 fully saturated rings. The molecule has 0 aliphatic carbocycles. The first-order valence-electron chi connectivity index (χ1n) is 8.04. The average Bonchev–Trinajstić information content (AvgIpc) is 2.72. The first-order chi connectivity index (χ1) is 12.7. The molecule has 3 rings (SSSR count). The number of rotatable bonds is 4. The molecule has 0 saturated carbocycles. The van der Waals surface area contributed by atoms with Crippen LogP contribution < -0.4 is 0 Å². The standard InChI is InChI=1S/C22H16O4/c23-21(19-12-5-2-6-13-19)25-26-22(24)20-14-8-7-11-18(20)16-15-17-9-3-1-4-10-17/h1-16H. The van der Waals surface area contributed by atoms with Gasteiger partial charge in [0.2, 0.25) is 0 Å². The molecule has 3 aromatic rings. The summed E-state index contributed by atoms with van der Waals surface area (Å²) >= 11 is 0. The molecule has 0 aromatic heterocycles. The molecule has 4 heteroatoms. The highest BCUT2D eigenvalue weighted by atomic mass is 17.2. The third-order valence-corrected chi connectivity index (χ3v) is 3.64. The van der Waals surface area contributed by atoms with E-state index in [2.05, 4.69) is 4.89 Å². The monoisotopic (exact) mass is 344 g/mol. The maximum atomic E-state index is 12.3. The van der Waals surface area contributed by atoms with Crippen molar-refractivity contribution < 1.29 is 19.4 Å². The van der Waals surface area contributed by atoms with Crippen molar-refractivity contribution in [1.29, 1.82) is 0 Å². The first kappa shape index (κ1) is 17.2. The fraction of sp³-hybridized carbons (Fsp3) is 0. The summed E-state index contributed by atoms with van der Waals surface area (Å²) in [5, 5.41) is 0. The summed E-state index contributed by atoms with van der Waals surface area (Å²) < 4.78 is 0. The van der Waals surface area contributed by atoms with E-state index in [1.807, 2.05) is 48.6 Å². The Morgan fingerprint density at radius 3 is 1.92 bits per heavy atom. The van der Waals surface area contributed by atoms with E-state index in [4.69, 9.17) is 4.89 Å². The second-order valence-electron chi connectivity index (χ2n) is 5.44. The molecule has 0 aliphatic heterocycles. The van der Waals surface area contributed by atoms with Crippen LogP contribution in [0.25, 0.3) is 12.2 Å². The van der Waals surface area contributed by atoms with Gasteiger partial charge < -0.3 is 0 Å². The highest BCUT2D eigenvalue weighted by molar-refractivity contribution is 5.95. The van der Waals surface area contributed by atoms with Crippen LogP contribution >= 0.6 is 0 Å². The minimum atomic E-state index is -0.734. The lowest BCUT2D eigenvalue weighted by Crippen LogP contribution is -2.12. The van der Waals surface area contributed by atoms with Gasteiger partial charge in [0, 0.05) is 0 Å². The number of hydrogen-bond acceptors (Lipinski definition) is 4. The largest absolute Gasteiger partial charge is 0.386 e. The van der Waals surface area contributed by atoms with Crippen LogP contribution in [0.4, 0.5) is 0 Å². The van der Waals surface area contributed by atoms with Crippen LogP contribution in [0.15, 0.2) is 84.9 Å². The maximum absolute atomic E-state index is 12.3. The lowest BCUT2D eigenvalue weighted by atomic mass is 10.1. The Balaban J connectivity index is 1.70. The van der Waals surface area contributed by atoms with Gasteiger partial charge in [0.25, 0.3) is 0 Å². The molecule has 0 N–H and O–H groups in total. The average molecular weight is 344 g/mol. The number of benzene rings is 3. The smallest absolute Gasteiger partial charge is 0.242 e. The molecule has 0 aliphatic rings. The minimum Gasteiger partial charge on any atom is -0.242 e. The summed E-state index contributed by atoms with van der Waals surface area (Å²) in [6.07, 6.45) is 3.70. The SMILES string of the molecule is O=C(OOC(=O)c1ccccc1C=Cc1ccccc1)c1ccccc1. The molecule has 3 aromatic carbocycles. The summed E-state index contributed by atoms with van der Waals surface area (Å²) in [6, 6.07) is 25.0. The van der Waals surface area contributed by atoms with Crippen molar-refractivity contribution in [3.63, 3.8) is 0 Å². The van der Waals surface area contributed by atoms with Crippen molar-refractivity contribution in [3.05, 3.63) is 107 Å². The summed E-state index contributed by atoms with van der Waals surface area (Å²) in [4.78, 5) is 33.5. The van der Waals surface area contributed by atoms with Crippen LogP contribution in [0.1, 0.15) is 31.8 Å². The van der Waals surface area contributed by atoms with Gasteiger partial charge in [-0.05, 0) is 29.3 Å². The Morgan fingerprint density at radius 1 is 0.615 bits per heavy atom. The van der Waals surface area contributed by atoms with E-state index in [1.165, 1.54) is 0 Å². The lowest BCUT2D eigenvalue weighted by Gasteiger charge is -2.06. The third-order valence-electron chi connectivity index (χ3n) is 3.64. The summed E-state index contributed by atoms with van der Waals surface area (Å²) in [7, 11) is 0. The summed E-state index contributed by atoms with van der Waals surface area (Å²) in [5.74, 6) is -1.46. The predicted molar refractivity (Wildman–Crippen MR) is 99.1 cm³/mol. The quantitative estimate of drug-likeness (QED) is 0.388. The van der Waals surface area contributed by atoms with Gasteiger partial charge in [0.15, 0.2) is 0 Å². The number of carbonyl (C=O) groups excluding carboxylic acids is 2. The zero-order valence-electron chi connectivity index (χ0n) is 13.9. The van der Waals surface area contributed by atoms with Crippen molar-refractivity contribution in [2.45, 2.75) is 0 Å². The lowest BCUT2D eigenvalue weighted by molar-refractivity contribution is -0.187. The fourth-order valence-corrected chi connectivity index (χ4v) is 2.32. The van der Waals surface area contributed by atoms with Crippen LogP contribution in [0.3, 0.4) is 0 Å². The molecule has 128 valence electrons. The Kier molecular flexibility index (Phi) is 5.58. The molecule has 0 bridgehead atoms. The molecule has 0 atom stereocenters. The van der Waals surface area contributed by atoms with Gasteiger partial charge in [0.05, 0.1) is 11.1 Å². The molecule has 26 heavy (non-hydrogen) atoms. The number of carbonyl (C=O) groups is 2. The molecule has 4 nitrogen and oxygen atoms in total. The first-order valence-corrected chi connectivity index (χ1v) is 8.04. The zero-order valence-corrected chi connectivity index (χ0v) is 13.9.